The maximum Gasteiger partial charge on any atom is 0.270 e. The van der Waals surface area contributed by atoms with Crippen molar-refractivity contribution in [1.29, 1.82) is 5.26 Å². The molecule has 4 heterocycles. The predicted molar refractivity (Wildman–Crippen MR) is 126 cm³/mol. The van der Waals surface area contributed by atoms with Crippen molar-refractivity contribution >= 4 is 11.7 Å². The first-order chi connectivity index (χ1) is 17.0. The normalized spacial score (nSPS) is 19.6. The number of nitriles is 1. The Morgan fingerprint density at radius 3 is 2.66 bits per heavy atom. The van der Waals surface area contributed by atoms with Gasteiger partial charge >= 0.3 is 0 Å². The number of carbonyl (C=O) groups is 1. The number of methoxy groups -OCH3 is 1. The van der Waals surface area contributed by atoms with Crippen molar-refractivity contribution in [2.75, 3.05) is 44.9 Å². The van der Waals surface area contributed by atoms with Gasteiger partial charge < -0.3 is 24.0 Å². The molecule has 2 atom stereocenters. The Bertz CT molecular complexity index is 1110. The van der Waals surface area contributed by atoms with Gasteiger partial charge in [-0.05, 0) is 31.9 Å². The number of nitrogens with zero attached hydrogens (tertiary/aromatic N) is 5. The molecule has 186 valence electrons. The van der Waals surface area contributed by atoms with Gasteiger partial charge in [0.1, 0.15) is 29.8 Å². The topological polar surface area (TPSA) is 134 Å². The third kappa shape index (κ3) is 5.78. The second kappa shape index (κ2) is 11.3. The Hall–Kier alpha value is -3.49. The van der Waals surface area contributed by atoms with Gasteiger partial charge in [0.15, 0.2) is 0 Å². The van der Waals surface area contributed by atoms with Gasteiger partial charge in [0.2, 0.25) is 0 Å². The number of ether oxygens (including phenoxy) is 3. The summed E-state index contributed by atoms with van der Waals surface area (Å²) in [5.74, 6) is 1.22. The summed E-state index contributed by atoms with van der Waals surface area (Å²) in [5.41, 5.74) is 0.647. The maximum absolute atomic E-state index is 13.1. The molecule has 0 unspecified atom stereocenters. The van der Waals surface area contributed by atoms with Gasteiger partial charge in [0.25, 0.3) is 11.5 Å². The fraction of sp³-hybridized carbons (Fsp3) is 0.542. The monoisotopic (exact) mass is 482 g/mol. The zero-order valence-corrected chi connectivity index (χ0v) is 20.0. The van der Waals surface area contributed by atoms with Crippen LogP contribution in [0, 0.1) is 18.3 Å². The predicted octanol–water partition coefficient (Wildman–Crippen LogP) is 1.03. The van der Waals surface area contributed by atoms with E-state index >= 15 is 0 Å². The molecular formula is C24H30N6O5. The first-order valence-corrected chi connectivity index (χ1v) is 11.7. The van der Waals surface area contributed by atoms with E-state index in [1.165, 1.54) is 6.20 Å². The maximum atomic E-state index is 13.1. The Morgan fingerprint density at radius 1 is 1.17 bits per heavy atom. The lowest BCUT2D eigenvalue weighted by molar-refractivity contribution is -0.141. The standard InChI is InChI=1S/C24H30N6O5/c1-16-21(13-27-28-23(16)31)35-19(14-33-2)15-34-20-7-10-30(24(20)32)18-5-8-29(9-6-18)22-4-3-17(11-25)12-26-22/h3-4,12-13,18-20H,5-10,14-15H2,1-2H3,(H,28,31)/t19-,20-/m0/s1. The van der Waals surface area contributed by atoms with E-state index in [1.54, 1.807) is 26.3 Å². The van der Waals surface area contributed by atoms with Crippen molar-refractivity contribution in [2.24, 2.45) is 0 Å². The Balaban J connectivity index is 1.28. The van der Waals surface area contributed by atoms with Crippen LogP contribution in [0.2, 0.25) is 0 Å². The van der Waals surface area contributed by atoms with Crippen LogP contribution >= 0.6 is 0 Å². The van der Waals surface area contributed by atoms with Gasteiger partial charge in [-0.25, -0.2) is 10.1 Å². The molecule has 0 radical (unpaired) electrons. The lowest BCUT2D eigenvalue weighted by Gasteiger charge is -2.37. The molecule has 2 aromatic heterocycles. The zero-order chi connectivity index (χ0) is 24.8. The van der Waals surface area contributed by atoms with Crippen molar-refractivity contribution < 1.29 is 19.0 Å². The van der Waals surface area contributed by atoms with Gasteiger partial charge in [-0.2, -0.15) is 10.4 Å². The molecule has 11 heteroatoms. The molecule has 0 spiro atoms. The van der Waals surface area contributed by atoms with Crippen molar-refractivity contribution in [3.63, 3.8) is 0 Å². The molecule has 0 aliphatic carbocycles. The van der Waals surface area contributed by atoms with Crippen LogP contribution in [-0.2, 0) is 14.3 Å². The number of likely N-dealkylation sites (tertiary alicyclic amines) is 1. The molecule has 2 saturated heterocycles. The van der Waals surface area contributed by atoms with Crippen molar-refractivity contribution in [2.45, 2.75) is 44.4 Å². The summed E-state index contributed by atoms with van der Waals surface area (Å²) in [4.78, 5) is 33.3. The van der Waals surface area contributed by atoms with Crippen molar-refractivity contribution in [1.82, 2.24) is 20.1 Å². The summed E-state index contributed by atoms with van der Waals surface area (Å²) in [7, 11) is 1.56. The molecule has 4 rings (SSSR count). The second-order valence-electron chi connectivity index (χ2n) is 8.76. The number of carbonyl (C=O) groups excluding carboxylic acids is 1. The lowest BCUT2D eigenvalue weighted by atomic mass is 10.0. The minimum absolute atomic E-state index is 0.00474. The van der Waals surface area contributed by atoms with Crippen LogP contribution in [-0.4, -0.2) is 84.2 Å². The number of hydrogen-bond acceptors (Lipinski definition) is 9. The van der Waals surface area contributed by atoms with Crippen LogP contribution in [0.1, 0.15) is 30.4 Å². The summed E-state index contributed by atoms with van der Waals surface area (Å²) < 4.78 is 17.1. The van der Waals surface area contributed by atoms with Gasteiger partial charge in [-0.1, -0.05) is 0 Å². The molecule has 0 aromatic carbocycles. The van der Waals surface area contributed by atoms with Crippen molar-refractivity contribution in [3.8, 4) is 11.8 Å². The summed E-state index contributed by atoms with van der Waals surface area (Å²) in [6, 6.07) is 5.89. The Kier molecular flexibility index (Phi) is 7.94. The summed E-state index contributed by atoms with van der Waals surface area (Å²) in [6.07, 6.45) is 4.36. The average molecular weight is 483 g/mol. The van der Waals surface area contributed by atoms with Crippen LogP contribution in [0.25, 0.3) is 0 Å². The number of rotatable bonds is 9. The van der Waals surface area contributed by atoms with E-state index < -0.39 is 12.2 Å². The number of aromatic amines is 1. The number of hydrogen-bond donors (Lipinski definition) is 1. The van der Waals surface area contributed by atoms with Gasteiger partial charge in [-0.15, -0.1) is 0 Å². The molecule has 0 saturated carbocycles. The van der Waals surface area contributed by atoms with E-state index in [9.17, 15) is 9.59 Å². The second-order valence-corrected chi connectivity index (χ2v) is 8.76. The Labute approximate surface area is 203 Å². The van der Waals surface area contributed by atoms with E-state index in [0.717, 1.165) is 31.7 Å². The molecule has 0 bridgehead atoms. The number of amides is 1. The van der Waals surface area contributed by atoms with Crippen LogP contribution in [0.5, 0.6) is 5.75 Å². The van der Waals surface area contributed by atoms with Crippen LogP contribution in [0.4, 0.5) is 5.82 Å². The molecular weight excluding hydrogens is 452 g/mol. The Morgan fingerprint density at radius 2 is 1.97 bits per heavy atom. The molecule has 1 N–H and O–H groups in total. The van der Waals surface area contributed by atoms with Crippen LogP contribution in [0.15, 0.2) is 29.3 Å². The number of nitrogens with one attached hydrogen (secondary N) is 1. The van der Waals surface area contributed by atoms with Crippen molar-refractivity contribution in [3.05, 3.63) is 46.0 Å². The smallest absolute Gasteiger partial charge is 0.270 e. The number of H-pyrrole nitrogens is 1. The number of anilines is 1. The SMILES string of the molecule is COC[C@@H](CO[C@H]1CCN(C2CCN(c3ccc(C#N)cn3)CC2)C1=O)Oc1cn[nH]c(=O)c1C. The molecule has 2 aromatic rings. The highest BCUT2D eigenvalue weighted by Crippen LogP contribution is 2.26. The molecule has 2 aliphatic rings. The van der Waals surface area contributed by atoms with E-state index in [-0.39, 0.29) is 30.7 Å². The van der Waals surface area contributed by atoms with Gasteiger partial charge in [0.05, 0.1) is 30.5 Å². The quantitative estimate of drug-likeness (QED) is 0.556. The summed E-state index contributed by atoms with van der Waals surface area (Å²) in [6.45, 7) is 4.32. The first-order valence-electron chi connectivity index (χ1n) is 11.7. The number of piperidine rings is 1. The fourth-order valence-corrected chi connectivity index (χ4v) is 4.50. The molecule has 2 aliphatic heterocycles. The molecule has 1 amide bonds. The van der Waals surface area contributed by atoms with E-state index in [2.05, 4.69) is 26.2 Å². The number of pyridine rings is 1. The lowest BCUT2D eigenvalue weighted by Crippen LogP contribution is -2.47. The molecule has 35 heavy (non-hydrogen) atoms. The molecule has 11 nitrogen and oxygen atoms in total. The highest BCUT2D eigenvalue weighted by molar-refractivity contribution is 5.83. The third-order valence-corrected chi connectivity index (χ3v) is 6.48. The number of aromatic nitrogens is 3. The highest BCUT2D eigenvalue weighted by atomic mass is 16.6. The summed E-state index contributed by atoms with van der Waals surface area (Å²) in [5, 5.41) is 15.1. The van der Waals surface area contributed by atoms with E-state index in [0.29, 0.717) is 29.8 Å². The van der Waals surface area contributed by atoms with E-state index in [1.807, 2.05) is 11.0 Å². The minimum atomic E-state index is -0.519. The zero-order valence-electron chi connectivity index (χ0n) is 20.0. The van der Waals surface area contributed by atoms with Gasteiger partial charge in [-0.3, -0.25) is 9.59 Å². The third-order valence-electron chi connectivity index (χ3n) is 6.48. The highest BCUT2D eigenvalue weighted by Gasteiger charge is 2.38. The van der Waals surface area contributed by atoms with Crippen LogP contribution in [0.3, 0.4) is 0 Å². The van der Waals surface area contributed by atoms with Crippen LogP contribution < -0.4 is 15.2 Å². The van der Waals surface area contributed by atoms with E-state index in [4.69, 9.17) is 19.5 Å². The summed E-state index contributed by atoms with van der Waals surface area (Å²) >= 11 is 0. The largest absolute Gasteiger partial charge is 0.483 e. The average Bonchev–Trinajstić information content (AvgIpc) is 3.25. The first kappa shape index (κ1) is 24.6. The van der Waals surface area contributed by atoms with Gasteiger partial charge in [0, 0.05) is 45.4 Å². The molecule has 2 fully saturated rings. The fourth-order valence-electron chi connectivity index (χ4n) is 4.50. The minimum Gasteiger partial charge on any atom is -0.483 e.